The fourth-order valence-electron chi connectivity index (χ4n) is 3.13. The van der Waals surface area contributed by atoms with E-state index in [4.69, 9.17) is 0 Å². The molecule has 1 aliphatic carbocycles. The molecule has 1 saturated carbocycles. The van der Waals surface area contributed by atoms with Gasteiger partial charge in [0.15, 0.2) is 0 Å². The number of rotatable bonds is 0. The van der Waals surface area contributed by atoms with Gasteiger partial charge in [0.25, 0.3) is 0 Å². The van der Waals surface area contributed by atoms with Crippen molar-refractivity contribution in [1.82, 2.24) is 0 Å². The molecule has 31 heteroatoms. The summed E-state index contributed by atoms with van der Waals surface area (Å²) in [5, 5.41) is 0. The third kappa shape index (κ3) is 4.16. The Morgan fingerprint density at radius 1 is 0.170 bits per heavy atom. The van der Waals surface area contributed by atoms with Gasteiger partial charge in [0, 0.05) is 0 Å². The van der Waals surface area contributed by atoms with Gasteiger partial charge in [-0.15, -0.1) is 0 Å². The fourth-order valence-corrected chi connectivity index (χ4v) is 3.13. The van der Waals surface area contributed by atoms with Gasteiger partial charge in [0.1, 0.15) is 0 Å². The van der Waals surface area contributed by atoms with E-state index in [2.05, 4.69) is 0 Å². The van der Waals surface area contributed by atoms with Crippen LogP contribution in [-0.2, 0) is 0 Å². The topological polar surface area (TPSA) is 0 Å². The van der Waals surface area contributed by atoms with E-state index in [0.29, 0.717) is 0 Å². The van der Waals surface area contributed by atoms with Crippen LogP contribution in [0, 0.1) is 0 Å². The Balaban J connectivity index is 4.75. The number of halogens is 31. The maximum absolute atomic E-state index is 13.7. The van der Waals surface area contributed by atoms with Gasteiger partial charge in [0.05, 0.1) is 0 Å². The van der Waals surface area contributed by atoms with Gasteiger partial charge in [-0.1, -0.05) is 0 Å². The molecule has 0 unspecified atom stereocenters. The molecule has 0 bridgehead atoms. The maximum atomic E-state index is 13.7. The molecule has 47 heavy (non-hydrogen) atoms. The standard InChI is InChI=1S/C16HF31/c17-1-2(18,19)4(22,23)6(26,27)8(30,31)10(34,35)12(38,39)14(42,43)16(46,47)15(44,45)13(40,41)11(36,37)9(32,33)7(28,29)5(24,25)3(1,20)21/h1H. The zero-order valence-corrected chi connectivity index (χ0v) is 19.8. The Kier molecular flexibility index (Phi) is 8.89. The number of hydrogen-bond donors (Lipinski definition) is 0. The Morgan fingerprint density at radius 2 is 0.255 bits per heavy atom. The molecule has 0 aliphatic heterocycles. The van der Waals surface area contributed by atoms with E-state index < -0.39 is 95.0 Å². The zero-order chi connectivity index (χ0) is 39.1. The Hall–Kier alpha value is -2.17. The summed E-state index contributed by atoms with van der Waals surface area (Å²) in [4.78, 5) is 0. The van der Waals surface area contributed by atoms with E-state index in [-0.39, 0.29) is 0 Å². The monoisotopic (exact) mass is 782 g/mol. The lowest BCUT2D eigenvalue weighted by atomic mass is 9.80. The van der Waals surface area contributed by atoms with Crippen molar-refractivity contribution in [2.45, 2.75) is 95.0 Å². The molecule has 282 valence electrons. The van der Waals surface area contributed by atoms with Crippen LogP contribution in [0.4, 0.5) is 136 Å². The molecule has 0 nitrogen and oxygen atoms in total. The van der Waals surface area contributed by atoms with Crippen LogP contribution in [0.1, 0.15) is 0 Å². The van der Waals surface area contributed by atoms with Crippen LogP contribution < -0.4 is 0 Å². The van der Waals surface area contributed by atoms with Crippen molar-refractivity contribution in [2.75, 3.05) is 0 Å². The molecule has 1 aliphatic rings. The first kappa shape index (κ1) is 42.9. The quantitative estimate of drug-likeness (QED) is 0.215. The third-order valence-electron chi connectivity index (χ3n) is 6.21. The van der Waals surface area contributed by atoms with Crippen LogP contribution in [0.2, 0.25) is 0 Å². The normalized spacial score (nSPS) is 33.8. The molecule has 0 N–H and O–H groups in total. The predicted octanol–water partition coefficient (Wildman–Crippen LogP) is 9.87. The first-order valence-corrected chi connectivity index (χ1v) is 9.97. The molecule has 0 heterocycles. The summed E-state index contributed by atoms with van der Waals surface area (Å²) in [5.74, 6) is -147. The molecule has 0 saturated heterocycles. The Labute approximate surface area is 232 Å². The molecule has 0 aromatic carbocycles. The highest BCUT2D eigenvalue weighted by Gasteiger charge is 3.02. The maximum Gasteiger partial charge on any atom is 0.385 e. The van der Waals surface area contributed by atoms with E-state index in [1.807, 2.05) is 0 Å². The molecule has 0 radical (unpaired) electrons. The molecular formula is C16HF31. The Morgan fingerprint density at radius 3 is 0.362 bits per heavy atom. The van der Waals surface area contributed by atoms with Gasteiger partial charge in [-0.05, 0) is 0 Å². The summed E-state index contributed by atoms with van der Waals surface area (Å²) < 4.78 is 424. The molecule has 0 spiro atoms. The summed E-state index contributed by atoms with van der Waals surface area (Å²) >= 11 is 0. The van der Waals surface area contributed by atoms with Crippen molar-refractivity contribution in [2.24, 2.45) is 0 Å². The summed E-state index contributed by atoms with van der Waals surface area (Å²) in [6.45, 7) is 0. The van der Waals surface area contributed by atoms with E-state index in [1.165, 1.54) is 0 Å². The highest BCUT2D eigenvalue weighted by Crippen LogP contribution is 2.70. The minimum atomic E-state index is -10.0. The van der Waals surface area contributed by atoms with Gasteiger partial charge >= 0.3 is 88.8 Å². The van der Waals surface area contributed by atoms with Crippen LogP contribution >= 0.6 is 0 Å². The van der Waals surface area contributed by atoms with Crippen molar-refractivity contribution >= 4 is 0 Å². The first-order valence-electron chi connectivity index (χ1n) is 9.97. The minimum Gasteiger partial charge on any atom is -0.234 e. The van der Waals surface area contributed by atoms with E-state index >= 15 is 0 Å². The fraction of sp³-hybridized carbons (Fsp3) is 1.00. The largest absolute Gasteiger partial charge is 0.385 e. The predicted molar refractivity (Wildman–Crippen MR) is 79.1 cm³/mol. The van der Waals surface area contributed by atoms with Gasteiger partial charge < -0.3 is 0 Å². The molecule has 1 rings (SSSR count). The van der Waals surface area contributed by atoms with Crippen molar-refractivity contribution < 1.29 is 136 Å². The van der Waals surface area contributed by atoms with Crippen molar-refractivity contribution in [3.05, 3.63) is 0 Å². The van der Waals surface area contributed by atoms with Crippen LogP contribution in [0.3, 0.4) is 0 Å². The smallest absolute Gasteiger partial charge is 0.234 e. The number of alkyl halides is 31. The molecule has 0 amide bonds. The first-order chi connectivity index (χ1) is 19.7. The third-order valence-corrected chi connectivity index (χ3v) is 6.21. The highest BCUT2D eigenvalue weighted by molar-refractivity contribution is 5.23. The lowest BCUT2D eigenvalue weighted by Gasteiger charge is -2.48. The lowest BCUT2D eigenvalue weighted by Crippen LogP contribution is -2.81. The van der Waals surface area contributed by atoms with Gasteiger partial charge in [-0.25, -0.2) is 4.39 Å². The van der Waals surface area contributed by atoms with Crippen LogP contribution in [0.15, 0.2) is 0 Å². The van der Waals surface area contributed by atoms with Crippen molar-refractivity contribution in [3.8, 4) is 0 Å². The molecule has 0 aromatic heterocycles. The molecule has 1 fully saturated rings. The average Bonchev–Trinajstić information content (AvgIpc) is 2.85. The molecule has 0 atom stereocenters. The summed E-state index contributed by atoms with van der Waals surface area (Å²) in [7, 11) is 0. The second kappa shape index (κ2) is 9.75. The average molecular weight is 782 g/mol. The van der Waals surface area contributed by atoms with Crippen LogP contribution in [-0.4, -0.2) is 95.0 Å². The van der Waals surface area contributed by atoms with Crippen LogP contribution in [0.5, 0.6) is 0 Å². The van der Waals surface area contributed by atoms with E-state index in [9.17, 15) is 136 Å². The highest BCUT2D eigenvalue weighted by atomic mass is 19.4. The SMILES string of the molecule is FC1C(F)(F)C(F)(F)C(F)(F)C(F)(F)C(F)(F)C(F)(F)C(F)(F)C(F)(F)C(F)(F)C(F)(F)C(F)(F)C(F)(F)C(F)(F)C(F)(F)C1(F)F. The molecule has 0 aromatic rings. The van der Waals surface area contributed by atoms with Crippen LogP contribution in [0.25, 0.3) is 0 Å². The summed E-state index contributed by atoms with van der Waals surface area (Å²) in [6, 6.07) is 0. The second-order valence-corrected chi connectivity index (χ2v) is 9.08. The van der Waals surface area contributed by atoms with Crippen molar-refractivity contribution in [1.29, 1.82) is 0 Å². The van der Waals surface area contributed by atoms with Gasteiger partial charge in [-0.2, -0.15) is 132 Å². The lowest BCUT2D eigenvalue weighted by molar-refractivity contribution is -0.494. The molecular weight excluding hydrogens is 781 g/mol. The minimum absolute atomic E-state index is 8.10. The number of hydrogen-bond acceptors (Lipinski definition) is 0. The van der Waals surface area contributed by atoms with E-state index in [1.54, 1.807) is 0 Å². The summed E-state index contributed by atoms with van der Waals surface area (Å²) in [5.41, 5.74) is 0. The van der Waals surface area contributed by atoms with Crippen molar-refractivity contribution in [3.63, 3.8) is 0 Å². The van der Waals surface area contributed by atoms with Gasteiger partial charge in [-0.3, -0.25) is 0 Å². The van der Waals surface area contributed by atoms with Gasteiger partial charge in [0.2, 0.25) is 6.17 Å². The Bertz CT molecular complexity index is 1110. The zero-order valence-electron chi connectivity index (χ0n) is 19.8. The second-order valence-electron chi connectivity index (χ2n) is 9.08. The summed E-state index contributed by atoms with van der Waals surface area (Å²) in [6.07, 6.45) is -8.10. The van der Waals surface area contributed by atoms with E-state index in [0.717, 1.165) is 0 Å².